The fourth-order valence-electron chi connectivity index (χ4n) is 1.40. The Bertz CT molecular complexity index is 336. The molecule has 0 atom stereocenters. The maximum Gasteiger partial charge on any atom is 0.249 e. The molecule has 1 amide bonds. The van der Waals surface area contributed by atoms with Gasteiger partial charge in [-0.2, -0.15) is 0 Å². The molecule has 1 aromatic rings. The summed E-state index contributed by atoms with van der Waals surface area (Å²) in [6, 6.07) is 5.55. The highest BCUT2D eigenvalue weighted by atomic mass is 79.9. The maximum atomic E-state index is 11.1. The smallest absolute Gasteiger partial charge is 0.249 e. The van der Waals surface area contributed by atoms with E-state index in [1.165, 1.54) is 0 Å². The third-order valence-corrected chi connectivity index (χ3v) is 2.91. The van der Waals surface area contributed by atoms with Crippen molar-refractivity contribution >= 4 is 21.8 Å². The molecular weight excluding hydrogens is 242 g/mol. The van der Waals surface area contributed by atoms with Crippen LogP contribution < -0.4 is 5.73 Å². The maximum absolute atomic E-state index is 11.1. The van der Waals surface area contributed by atoms with E-state index in [4.69, 9.17) is 5.73 Å². The van der Waals surface area contributed by atoms with Gasteiger partial charge in [-0.25, -0.2) is 0 Å². The molecule has 0 fully saturated rings. The predicted octanol–water partition coefficient (Wildman–Crippen LogP) is 2.89. The number of unbranched alkanes of at least 4 members (excludes halogenated alkanes) is 1. The van der Waals surface area contributed by atoms with Crippen molar-refractivity contribution in [1.82, 2.24) is 0 Å². The van der Waals surface area contributed by atoms with Crippen LogP contribution in [0.5, 0.6) is 0 Å². The SMILES string of the molecule is CCCCc1c(Br)cccc1C(N)=O. The zero-order valence-corrected chi connectivity index (χ0v) is 9.80. The minimum Gasteiger partial charge on any atom is -0.366 e. The van der Waals surface area contributed by atoms with E-state index in [1.54, 1.807) is 6.07 Å². The summed E-state index contributed by atoms with van der Waals surface area (Å²) in [7, 11) is 0. The molecule has 1 aromatic carbocycles. The topological polar surface area (TPSA) is 43.1 Å². The Morgan fingerprint density at radius 1 is 1.50 bits per heavy atom. The predicted molar refractivity (Wildman–Crippen MR) is 61.3 cm³/mol. The van der Waals surface area contributed by atoms with Crippen LogP contribution in [0.2, 0.25) is 0 Å². The molecule has 3 heteroatoms. The highest BCUT2D eigenvalue weighted by molar-refractivity contribution is 9.10. The van der Waals surface area contributed by atoms with Crippen LogP contribution in [-0.2, 0) is 6.42 Å². The molecule has 0 aliphatic carbocycles. The molecule has 14 heavy (non-hydrogen) atoms. The molecule has 2 N–H and O–H groups in total. The largest absolute Gasteiger partial charge is 0.366 e. The number of carbonyl (C=O) groups excluding carboxylic acids is 1. The van der Waals surface area contributed by atoms with Gasteiger partial charge in [0.25, 0.3) is 0 Å². The number of hydrogen-bond acceptors (Lipinski definition) is 1. The molecular formula is C11H14BrNO. The van der Waals surface area contributed by atoms with Gasteiger partial charge in [-0.3, -0.25) is 4.79 Å². The number of benzene rings is 1. The second-order valence-electron chi connectivity index (χ2n) is 3.23. The fraction of sp³-hybridized carbons (Fsp3) is 0.364. The van der Waals surface area contributed by atoms with Crippen molar-refractivity contribution in [3.8, 4) is 0 Å². The molecule has 0 heterocycles. The van der Waals surface area contributed by atoms with Crippen molar-refractivity contribution in [3.63, 3.8) is 0 Å². The van der Waals surface area contributed by atoms with Crippen molar-refractivity contribution in [1.29, 1.82) is 0 Å². The Hall–Kier alpha value is -0.830. The number of nitrogens with two attached hydrogens (primary N) is 1. The van der Waals surface area contributed by atoms with E-state index in [9.17, 15) is 4.79 Å². The molecule has 76 valence electrons. The number of amides is 1. The zero-order chi connectivity index (χ0) is 10.6. The molecule has 0 unspecified atom stereocenters. The molecule has 0 aliphatic rings. The van der Waals surface area contributed by atoms with Gasteiger partial charge in [0, 0.05) is 10.0 Å². The average Bonchev–Trinajstić information content (AvgIpc) is 2.15. The molecule has 0 radical (unpaired) electrons. The summed E-state index contributed by atoms with van der Waals surface area (Å²) in [6.45, 7) is 2.13. The van der Waals surface area contributed by atoms with E-state index in [0.717, 1.165) is 29.3 Å². The minimum absolute atomic E-state index is 0.350. The monoisotopic (exact) mass is 255 g/mol. The van der Waals surface area contributed by atoms with Crippen molar-refractivity contribution in [3.05, 3.63) is 33.8 Å². The van der Waals surface area contributed by atoms with Gasteiger partial charge in [0.05, 0.1) is 0 Å². The van der Waals surface area contributed by atoms with Crippen LogP contribution in [0.25, 0.3) is 0 Å². The van der Waals surface area contributed by atoms with Crippen LogP contribution in [0, 0.1) is 0 Å². The second-order valence-corrected chi connectivity index (χ2v) is 4.09. The molecule has 0 saturated carbocycles. The van der Waals surface area contributed by atoms with Crippen LogP contribution in [0.4, 0.5) is 0 Å². The minimum atomic E-state index is -0.350. The van der Waals surface area contributed by atoms with Crippen LogP contribution in [0.15, 0.2) is 22.7 Å². The first kappa shape index (κ1) is 11.2. The van der Waals surface area contributed by atoms with Gasteiger partial charge in [0.2, 0.25) is 5.91 Å². The zero-order valence-electron chi connectivity index (χ0n) is 8.22. The summed E-state index contributed by atoms with van der Waals surface area (Å²) in [5, 5.41) is 0. The van der Waals surface area contributed by atoms with E-state index in [2.05, 4.69) is 22.9 Å². The van der Waals surface area contributed by atoms with Crippen molar-refractivity contribution < 1.29 is 4.79 Å². The van der Waals surface area contributed by atoms with Crippen molar-refractivity contribution in [2.24, 2.45) is 5.73 Å². The summed E-state index contributed by atoms with van der Waals surface area (Å²) < 4.78 is 0.974. The number of hydrogen-bond donors (Lipinski definition) is 1. The number of primary amides is 1. The molecule has 0 spiro atoms. The highest BCUT2D eigenvalue weighted by Crippen LogP contribution is 2.22. The Kier molecular flexibility index (Phi) is 4.14. The normalized spacial score (nSPS) is 10.1. The first-order valence-corrected chi connectivity index (χ1v) is 5.53. The summed E-state index contributed by atoms with van der Waals surface area (Å²) in [5.41, 5.74) is 6.96. The Labute approximate surface area is 92.6 Å². The summed E-state index contributed by atoms with van der Waals surface area (Å²) in [6.07, 6.45) is 3.08. The van der Waals surface area contributed by atoms with Crippen LogP contribution in [0.1, 0.15) is 35.7 Å². The van der Waals surface area contributed by atoms with Gasteiger partial charge >= 0.3 is 0 Å². The van der Waals surface area contributed by atoms with E-state index in [1.807, 2.05) is 12.1 Å². The quantitative estimate of drug-likeness (QED) is 0.884. The second kappa shape index (κ2) is 5.15. The fourth-order valence-corrected chi connectivity index (χ4v) is 1.96. The average molecular weight is 256 g/mol. The number of carbonyl (C=O) groups is 1. The van der Waals surface area contributed by atoms with Gasteiger partial charge < -0.3 is 5.73 Å². The lowest BCUT2D eigenvalue weighted by atomic mass is 10.0. The lowest BCUT2D eigenvalue weighted by Crippen LogP contribution is -2.14. The summed E-state index contributed by atoms with van der Waals surface area (Å²) in [5.74, 6) is -0.350. The van der Waals surface area contributed by atoms with Gasteiger partial charge in [0.15, 0.2) is 0 Å². The van der Waals surface area contributed by atoms with Crippen LogP contribution >= 0.6 is 15.9 Å². The highest BCUT2D eigenvalue weighted by Gasteiger charge is 2.09. The third-order valence-electron chi connectivity index (χ3n) is 2.16. The van der Waals surface area contributed by atoms with E-state index >= 15 is 0 Å². The summed E-state index contributed by atoms with van der Waals surface area (Å²) in [4.78, 5) is 11.1. The Morgan fingerprint density at radius 3 is 2.79 bits per heavy atom. The molecule has 1 rings (SSSR count). The first-order chi connectivity index (χ1) is 6.66. The van der Waals surface area contributed by atoms with Gasteiger partial charge in [-0.1, -0.05) is 35.3 Å². The molecule has 0 aromatic heterocycles. The third kappa shape index (κ3) is 2.58. The van der Waals surface area contributed by atoms with Gasteiger partial charge in [-0.05, 0) is 30.5 Å². The molecule has 0 aliphatic heterocycles. The molecule has 0 saturated heterocycles. The van der Waals surface area contributed by atoms with Gasteiger partial charge in [-0.15, -0.1) is 0 Å². The molecule has 0 bridgehead atoms. The van der Waals surface area contributed by atoms with Gasteiger partial charge in [0.1, 0.15) is 0 Å². The first-order valence-electron chi connectivity index (χ1n) is 4.74. The van der Waals surface area contributed by atoms with Crippen LogP contribution in [-0.4, -0.2) is 5.91 Å². The van der Waals surface area contributed by atoms with Crippen molar-refractivity contribution in [2.75, 3.05) is 0 Å². The lowest BCUT2D eigenvalue weighted by Gasteiger charge is -2.08. The van der Waals surface area contributed by atoms with E-state index < -0.39 is 0 Å². The van der Waals surface area contributed by atoms with Crippen molar-refractivity contribution in [2.45, 2.75) is 26.2 Å². The summed E-state index contributed by atoms with van der Waals surface area (Å²) >= 11 is 3.44. The standard InChI is InChI=1S/C11H14BrNO/c1-2-3-5-8-9(11(13)14)6-4-7-10(8)12/h4,6-7H,2-3,5H2,1H3,(H2,13,14). The Balaban J connectivity index is 3.02. The lowest BCUT2D eigenvalue weighted by molar-refractivity contribution is 0.0999. The molecule has 2 nitrogen and oxygen atoms in total. The number of rotatable bonds is 4. The van der Waals surface area contributed by atoms with E-state index in [-0.39, 0.29) is 5.91 Å². The Morgan fingerprint density at radius 2 is 2.21 bits per heavy atom. The van der Waals surface area contributed by atoms with E-state index in [0.29, 0.717) is 5.56 Å². The number of halogens is 1. The van der Waals surface area contributed by atoms with Crippen LogP contribution in [0.3, 0.4) is 0 Å².